The van der Waals surface area contributed by atoms with Crippen molar-refractivity contribution in [3.63, 3.8) is 0 Å². The minimum atomic E-state index is 0.322. The molecule has 2 N–H and O–H groups in total. The van der Waals surface area contributed by atoms with E-state index < -0.39 is 0 Å². The zero-order valence-electron chi connectivity index (χ0n) is 19.7. The summed E-state index contributed by atoms with van der Waals surface area (Å²) in [6.07, 6.45) is 2.21. The zero-order chi connectivity index (χ0) is 23.6. The lowest BCUT2D eigenvalue weighted by molar-refractivity contribution is 0.475. The molecule has 2 nitrogen and oxygen atoms in total. The Morgan fingerprint density at radius 1 is 0.438 bits per heavy atom. The van der Waals surface area contributed by atoms with Crippen molar-refractivity contribution in [3.8, 4) is 22.6 Å². The van der Waals surface area contributed by atoms with Gasteiger partial charge >= 0.3 is 0 Å². The van der Waals surface area contributed by atoms with E-state index in [-0.39, 0.29) is 0 Å². The van der Waals surface area contributed by atoms with Gasteiger partial charge in [-0.1, -0.05) is 113 Å². The summed E-state index contributed by atoms with van der Waals surface area (Å²) in [5, 5.41) is 17.3. The molecule has 0 amide bonds. The SMILES string of the molecule is CC.CCc1ccc(-c2ccc(CC)cc2)cc1.Oc1ccccc1.Oc1ccccc1. The highest BCUT2D eigenvalue weighted by Crippen LogP contribution is 2.20. The van der Waals surface area contributed by atoms with Gasteiger partial charge in [0.25, 0.3) is 0 Å². The highest BCUT2D eigenvalue weighted by molar-refractivity contribution is 5.63. The Morgan fingerprint density at radius 2 is 0.719 bits per heavy atom. The van der Waals surface area contributed by atoms with Gasteiger partial charge < -0.3 is 10.2 Å². The second kappa shape index (κ2) is 16.2. The van der Waals surface area contributed by atoms with E-state index in [9.17, 15) is 0 Å². The molecule has 0 unspecified atom stereocenters. The van der Waals surface area contributed by atoms with Crippen LogP contribution in [0.1, 0.15) is 38.8 Å². The van der Waals surface area contributed by atoms with Gasteiger partial charge in [0.2, 0.25) is 0 Å². The molecule has 0 heterocycles. The van der Waals surface area contributed by atoms with E-state index in [2.05, 4.69) is 62.4 Å². The van der Waals surface area contributed by atoms with Gasteiger partial charge in [0.15, 0.2) is 0 Å². The largest absolute Gasteiger partial charge is 0.508 e. The van der Waals surface area contributed by atoms with Crippen molar-refractivity contribution < 1.29 is 10.2 Å². The monoisotopic (exact) mass is 428 g/mol. The minimum absolute atomic E-state index is 0.322. The van der Waals surface area contributed by atoms with E-state index in [1.807, 2.05) is 26.0 Å². The Morgan fingerprint density at radius 3 is 0.906 bits per heavy atom. The first kappa shape index (κ1) is 26.5. The molecule has 0 spiro atoms. The van der Waals surface area contributed by atoms with E-state index in [4.69, 9.17) is 10.2 Å². The van der Waals surface area contributed by atoms with Gasteiger partial charge in [0, 0.05) is 0 Å². The first-order valence-electron chi connectivity index (χ1n) is 11.3. The molecule has 4 aromatic carbocycles. The fourth-order valence-corrected chi connectivity index (χ4v) is 2.72. The fraction of sp³-hybridized carbons (Fsp3) is 0.200. The number of phenols is 2. The second-order valence-electron chi connectivity index (χ2n) is 6.77. The molecular weight excluding hydrogens is 392 g/mol. The first-order chi connectivity index (χ1) is 15.6. The number of aromatic hydroxyl groups is 2. The van der Waals surface area contributed by atoms with E-state index in [1.54, 1.807) is 48.5 Å². The van der Waals surface area contributed by atoms with Crippen molar-refractivity contribution in [3.05, 3.63) is 120 Å². The Labute approximate surface area is 193 Å². The summed E-state index contributed by atoms with van der Waals surface area (Å²) in [6.45, 7) is 8.37. The van der Waals surface area contributed by atoms with Gasteiger partial charge in [-0.15, -0.1) is 0 Å². The van der Waals surface area contributed by atoms with E-state index in [1.165, 1.54) is 22.3 Å². The smallest absolute Gasteiger partial charge is 0.115 e. The number of hydrogen-bond donors (Lipinski definition) is 2. The van der Waals surface area contributed by atoms with Gasteiger partial charge in [-0.05, 0) is 59.4 Å². The average molecular weight is 429 g/mol. The van der Waals surface area contributed by atoms with Crippen LogP contribution < -0.4 is 0 Å². The molecule has 0 bridgehead atoms. The van der Waals surface area contributed by atoms with Gasteiger partial charge in [0.1, 0.15) is 11.5 Å². The lowest BCUT2D eigenvalue weighted by atomic mass is 10.0. The van der Waals surface area contributed by atoms with Crippen molar-refractivity contribution in [1.29, 1.82) is 0 Å². The molecule has 32 heavy (non-hydrogen) atoms. The zero-order valence-corrected chi connectivity index (χ0v) is 19.7. The predicted molar refractivity (Wildman–Crippen MR) is 138 cm³/mol. The molecule has 4 aromatic rings. The van der Waals surface area contributed by atoms with Crippen LogP contribution in [0.5, 0.6) is 11.5 Å². The van der Waals surface area contributed by atoms with Crippen LogP contribution in [0.25, 0.3) is 11.1 Å². The van der Waals surface area contributed by atoms with Crippen LogP contribution in [-0.2, 0) is 12.8 Å². The van der Waals surface area contributed by atoms with Crippen LogP contribution in [0, 0.1) is 0 Å². The normalized spacial score (nSPS) is 9.12. The summed E-state index contributed by atoms with van der Waals surface area (Å²) < 4.78 is 0. The first-order valence-corrected chi connectivity index (χ1v) is 11.3. The number of para-hydroxylation sites is 2. The number of hydrogen-bond acceptors (Lipinski definition) is 2. The van der Waals surface area contributed by atoms with Crippen LogP contribution in [0.15, 0.2) is 109 Å². The molecule has 0 atom stereocenters. The molecule has 0 aliphatic heterocycles. The molecule has 0 radical (unpaired) electrons. The van der Waals surface area contributed by atoms with Crippen LogP contribution in [0.4, 0.5) is 0 Å². The summed E-state index contributed by atoms with van der Waals surface area (Å²) in [5.74, 6) is 0.644. The molecule has 168 valence electrons. The standard InChI is InChI=1S/C16H18.2C6H6O.C2H6/c1-3-13-5-9-15(10-6-13)16-11-7-14(4-2)8-12-16;2*7-6-4-2-1-3-5-6;1-2/h5-12H,3-4H2,1-2H3;2*1-5,7H;1-2H3. The quantitative estimate of drug-likeness (QED) is 0.344. The fourth-order valence-electron chi connectivity index (χ4n) is 2.72. The lowest BCUT2D eigenvalue weighted by Crippen LogP contribution is -1.83. The molecule has 0 fully saturated rings. The number of aryl methyl sites for hydroxylation is 2. The van der Waals surface area contributed by atoms with Crippen molar-refractivity contribution in [2.24, 2.45) is 0 Å². The highest BCUT2D eigenvalue weighted by Gasteiger charge is 1.97. The Kier molecular flexibility index (Phi) is 13.4. The molecule has 0 aromatic heterocycles. The van der Waals surface area contributed by atoms with Crippen molar-refractivity contribution in [1.82, 2.24) is 0 Å². The van der Waals surface area contributed by atoms with Crippen molar-refractivity contribution >= 4 is 0 Å². The summed E-state index contributed by atoms with van der Waals surface area (Å²) in [5.41, 5.74) is 5.41. The Balaban J connectivity index is 0.000000265. The molecule has 0 aliphatic rings. The summed E-state index contributed by atoms with van der Waals surface area (Å²) >= 11 is 0. The van der Waals surface area contributed by atoms with Crippen LogP contribution in [-0.4, -0.2) is 10.2 Å². The van der Waals surface area contributed by atoms with Gasteiger partial charge in [-0.3, -0.25) is 0 Å². The maximum absolute atomic E-state index is 8.63. The molecule has 2 heteroatoms. The molecule has 0 aliphatic carbocycles. The van der Waals surface area contributed by atoms with Crippen molar-refractivity contribution in [2.45, 2.75) is 40.5 Å². The topological polar surface area (TPSA) is 40.5 Å². The third kappa shape index (κ3) is 10.5. The molecular formula is C30H36O2. The number of phenolic OH excluding ortho intramolecular Hbond substituents is 2. The molecule has 4 rings (SSSR count). The molecule has 0 saturated carbocycles. The average Bonchev–Trinajstić information content (AvgIpc) is 2.87. The lowest BCUT2D eigenvalue weighted by Gasteiger charge is -2.04. The Bertz CT molecular complexity index is 862. The van der Waals surface area contributed by atoms with Crippen LogP contribution in [0.3, 0.4) is 0 Å². The van der Waals surface area contributed by atoms with E-state index >= 15 is 0 Å². The van der Waals surface area contributed by atoms with Crippen LogP contribution >= 0.6 is 0 Å². The van der Waals surface area contributed by atoms with Crippen LogP contribution in [0.2, 0.25) is 0 Å². The second-order valence-corrected chi connectivity index (χ2v) is 6.77. The molecule has 0 saturated heterocycles. The maximum Gasteiger partial charge on any atom is 0.115 e. The van der Waals surface area contributed by atoms with Crippen molar-refractivity contribution in [2.75, 3.05) is 0 Å². The van der Waals surface area contributed by atoms with E-state index in [0.29, 0.717) is 11.5 Å². The number of benzene rings is 4. The van der Waals surface area contributed by atoms with E-state index in [0.717, 1.165) is 12.8 Å². The highest BCUT2D eigenvalue weighted by atomic mass is 16.3. The Hall–Kier alpha value is -3.52. The third-order valence-corrected chi connectivity index (χ3v) is 4.57. The summed E-state index contributed by atoms with van der Waals surface area (Å²) in [4.78, 5) is 0. The maximum atomic E-state index is 8.63. The third-order valence-electron chi connectivity index (χ3n) is 4.57. The van der Waals surface area contributed by atoms with Gasteiger partial charge in [-0.2, -0.15) is 0 Å². The van der Waals surface area contributed by atoms with Gasteiger partial charge in [-0.25, -0.2) is 0 Å². The number of rotatable bonds is 3. The summed E-state index contributed by atoms with van der Waals surface area (Å²) in [6, 6.07) is 35.1. The predicted octanol–water partition coefficient (Wildman–Crippen LogP) is 8.29. The summed E-state index contributed by atoms with van der Waals surface area (Å²) in [7, 11) is 0. The van der Waals surface area contributed by atoms with Gasteiger partial charge in [0.05, 0.1) is 0 Å². The minimum Gasteiger partial charge on any atom is -0.508 e.